The Morgan fingerprint density at radius 2 is 2.00 bits per heavy atom. The van der Waals surface area contributed by atoms with E-state index in [1.54, 1.807) is 0 Å². The molecule has 1 aromatic carbocycles. The molecule has 2 aromatic rings. The van der Waals surface area contributed by atoms with Crippen LogP contribution in [0.1, 0.15) is 24.4 Å². The molecule has 1 heterocycles. The lowest BCUT2D eigenvalue weighted by atomic mass is 10.1. The summed E-state index contributed by atoms with van der Waals surface area (Å²) >= 11 is 3.43. The fourth-order valence-electron chi connectivity index (χ4n) is 2.22. The number of imidazole rings is 1. The van der Waals surface area contributed by atoms with Crippen molar-refractivity contribution in [3.8, 4) is 11.3 Å². The van der Waals surface area contributed by atoms with Gasteiger partial charge in [-0.1, -0.05) is 28.1 Å². The molecule has 2 N–H and O–H groups in total. The van der Waals surface area contributed by atoms with Gasteiger partial charge in [0.25, 0.3) is 0 Å². The van der Waals surface area contributed by atoms with Crippen molar-refractivity contribution in [2.75, 3.05) is 6.61 Å². The lowest BCUT2D eigenvalue weighted by molar-refractivity contribution is 0.250. The van der Waals surface area contributed by atoms with Gasteiger partial charge in [0, 0.05) is 15.7 Å². The van der Waals surface area contributed by atoms with Crippen molar-refractivity contribution >= 4 is 15.9 Å². The van der Waals surface area contributed by atoms with E-state index in [1.807, 2.05) is 19.1 Å². The van der Waals surface area contributed by atoms with Gasteiger partial charge in [-0.2, -0.15) is 0 Å². The molecule has 0 amide bonds. The minimum atomic E-state index is -0.0988. The zero-order valence-corrected chi connectivity index (χ0v) is 11.8. The Labute approximate surface area is 114 Å². The number of benzene rings is 1. The molecule has 0 unspecified atom stereocenters. The van der Waals surface area contributed by atoms with Crippen LogP contribution in [0.3, 0.4) is 0 Å². The summed E-state index contributed by atoms with van der Waals surface area (Å²) in [6.07, 6.45) is 2.05. The quantitative estimate of drug-likeness (QED) is 0.915. The van der Waals surface area contributed by atoms with Crippen molar-refractivity contribution in [2.45, 2.75) is 25.2 Å². The van der Waals surface area contributed by atoms with Crippen LogP contribution >= 0.6 is 15.9 Å². The number of aryl methyl sites for hydroxylation is 1. The second-order valence-corrected chi connectivity index (χ2v) is 5.92. The van der Waals surface area contributed by atoms with Crippen molar-refractivity contribution in [3.63, 3.8) is 0 Å². The summed E-state index contributed by atoms with van der Waals surface area (Å²) < 4.78 is 1.06. The van der Waals surface area contributed by atoms with E-state index in [0.717, 1.165) is 40.1 Å². The Morgan fingerprint density at radius 1 is 1.33 bits per heavy atom. The van der Waals surface area contributed by atoms with Gasteiger partial charge >= 0.3 is 0 Å². The van der Waals surface area contributed by atoms with Gasteiger partial charge in [-0.25, -0.2) is 4.98 Å². The van der Waals surface area contributed by atoms with Crippen LogP contribution in [0, 0.1) is 6.92 Å². The highest BCUT2D eigenvalue weighted by molar-refractivity contribution is 9.10. The van der Waals surface area contributed by atoms with Gasteiger partial charge in [0.15, 0.2) is 0 Å². The van der Waals surface area contributed by atoms with Crippen LogP contribution in [0.2, 0.25) is 0 Å². The average molecular weight is 307 g/mol. The predicted octanol–water partition coefficient (Wildman–Crippen LogP) is 3.17. The Bertz CT molecular complexity index is 570. The number of halogens is 1. The molecule has 0 radical (unpaired) electrons. The lowest BCUT2D eigenvalue weighted by Crippen LogP contribution is -2.13. The maximum Gasteiger partial charge on any atom is 0.115 e. The van der Waals surface area contributed by atoms with E-state index in [2.05, 4.69) is 38.0 Å². The monoisotopic (exact) mass is 306 g/mol. The average Bonchev–Trinajstić information content (AvgIpc) is 3.08. The molecule has 1 aliphatic rings. The summed E-state index contributed by atoms with van der Waals surface area (Å²) in [6.45, 7) is 2.21. The molecule has 0 atom stereocenters. The van der Waals surface area contributed by atoms with Gasteiger partial charge in [0.05, 0.1) is 17.7 Å². The van der Waals surface area contributed by atoms with Gasteiger partial charge in [0.2, 0.25) is 0 Å². The molecule has 0 spiro atoms. The number of aliphatic hydroxyl groups is 1. The highest BCUT2D eigenvalue weighted by Gasteiger charge is 2.46. The van der Waals surface area contributed by atoms with Gasteiger partial charge in [-0.15, -0.1) is 0 Å². The number of nitrogens with one attached hydrogen (secondary N) is 1. The largest absolute Gasteiger partial charge is 0.395 e. The topological polar surface area (TPSA) is 48.9 Å². The maximum absolute atomic E-state index is 9.45. The van der Waals surface area contributed by atoms with Gasteiger partial charge < -0.3 is 10.1 Å². The predicted molar refractivity (Wildman–Crippen MR) is 74.5 cm³/mol. The molecule has 3 nitrogen and oxygen atoms in total. The Balaban J connectivity index is 2.00. The SMILES string of the molecule is Cc1[nH]c(C2(CO)CC2)nc1-c1ccc(Br)cc1. The molecular formula is C14H15BrN2O. The van der Waals surface area contributed by atoms with E-state index in [1.165, 1.54) is 0 Å². The third kappa shape index (κ3) is 1.89. The second-order valence-electron chi connectivity index (χ2n) is 5.00. The highest BCUT2D eigenvalue weighted by atomic mass is 79.9. The minimum absolute atomic E-state index is 0.0988. The first-order chi connectivity index (χ1) is 8.64. The smallest absolute Gasteiger partial charge is 0.115 e. The van der Waals surface area contributed by atoms with Crippen LogP contribution in [0.4, 0.5) is 0 Å². The van der Waals surface area contributed by atoms with Crippen LogP contribution in [0.5, 0.6) is 0 Å². The van der Waals surface area contributed by atoms with E-state index in [9.17, 15) is 5.11 Å². The number of rotatable bonds is 3. The molecule has 3 rings (SSSR count). The maximum atomic E-state index is 9.45. The van der Waals surface area contributed by atoms with Gasteiger partial charge in [-0.3, -0.25) is 0 Å². The van der Waals surface area contributed by atoms with Crippen LogP contribution < -0.4 is 0 Å². The van der Waals surface area contributed by atoms with E-state index >= 15 is 0 Å². The summed E-state index contributed by atoms with van der Waals surface area (Å²) in [6, 6.07) is 8.13. The van der Waals surface area contributed by atoms with Crippen molar-refractivity contribution in [1.82, 2.24) is 9.97 Å². The van der Waals surface area contributed by atoms with Crippen LogP contribution in [0.15, 0.2) is 28.7 Å². The molecule has 1 fully saturated rings. The highest BCUT2D eigenvalue weighted by Crippen LogP contribution is 2.47. The third-order valence-corrected chi connectivity index (χ3v) is 4.19. The summed E-state index contributed by atoms with van der Waals surface area (Å²) in [7, 11) is 0. The van der Waals surface area contributed by atoms with Crippen molar-refractivity contribution in [2.24, 2.45) is 0 Å². The molecule has 4 heteroatoms. The first-order valence-electron chi connectivity index (χ1n) is 6.08. The van der Waals surface area contributed by atoms with Crippen LogP contribution in [0.25, 0.3) is 11.3 Å². The summed E-state index contributed by atoms with van der Waals surface area (Å²) in [4.78, 5) is 8.01. The molecule has 18 heavy (non-hydrogen) atoms. The number of H-pyrrole nitrogens is 1. The fourth-order valence-corrected chi connectivity index (χ4v) is 2.49. The molecule has 1 aromatic heterocycles. The normalized spacial score (nSPS) is 16.8. The van der Waals surface area contributed by atoms with Crippen molar-refractivity contribution in [1.29, 1.82) is 0 Å². The van der Waals surface area contributed by atoms with Gasteiger partial charge in [0.1, 0.15) is 5.82 Å². The number of aromatic amines is 1. The van der Waals surface area contributed by atoms with Crippen LogP contribution in [-0.4, -0.2) is 21.7 Å². The number of hydrogen-bond acceptors (Lipinski definition) is 2. The fraction of sp³-hybridized carbons (Fsp3) is 0.357. The molecule has 0 saturated heterocycles. The molecule has 1 aliphatic carbocycles. The Hall–Kier alpha value is -1.13. The summed E-state index contributed by atoms with van der Waals surface area (Å²) in [5.74, 6) is 0.931. The standard InChI is InChI=1S/C14H15BrN2O/c1-9-12(10-2-4-11(15)5-3-10)17-13(16-9)14(8-18)6-7-14/h2-5,18H,6-8H2,1H3,(H,16,17). The first-order valence-corrected chi connectivity index (χ1v) is 6.88. The van der Waals surface area contributed by atoms with Gasteiger partial charge in [-0.05, 0) is 31.9 Å². The molecule has 94 valence electrons. The number of hydrogen-bond donors (Lipinski definition) is 2. The third-order valence-electron chi connectivity index (χ3n) is 3.66. The van der Waals surface area contributed by atoms with Crippen molar-refractivity contribution in [3.05, 3.63) is 40.3 Å². The first kappa shape index (κ1) is 11.9. The van der Waals surface area contributed by atoms with E-state index in [0.29, 0.717) is 0 Å². The summed E-state index contributed by atoms with van der Waals surface area (Å²) in [5, 5.41) is 9.45. The van der Waals surface area contributed by atoms with E-state index in [-0.39, 0.29) is 12.0 Å². The molecule has 0 bridgehead atoms. The number of aliphatic hydroxyl groups excluding tert-OH is 1. The Kier molecular flexibility index (Phi) is 2.79. The van der Waals surface area contributed by atoms with E-state index < -0.39 is 0 Å². The zero-order valence-electron chi connectivity index (χ0n) is 10.2. The molecular weight excluding hydrogens is 292 g/mol. The number of aromatic nitrogens is 2. The molecule has 1 saturated carbocycles. The second kappa shape index (κ2) is 4.21. The minimum Gasteiger partial charge on any atom is -0.395 e. The number of nitrogens with zero attached hydrogens (tertiary/aromatic N) is 1. The van der Waals surface area contributed by atoms with E-state index in [4.69, 9.17) is 0 Å². The van der Waals surface area contributed by atoms with Crippen LogP contribution in [-0.2, 0) is 5.41 Å². The summed E-state index contributed by atoms with van der Waals surface area (Å²) in [5.41, 5.74) is 3.05. The molecule has 0 aliphatic heterocycles. The van der Waals surface area contributed by atoms with Crippen molar-refractivity contribution < 1.29 is 5.11 Å². The Morgan fingerprint density at radius 3 is 2.56 bits per heavy atom. The zero-order chi connectivity index (χ0) is 12.8. The lowest BCUT2D eigenvalue weighted by Gasteiger charge is -2.06.